The summed E-state index contributed by atoms with van der Waals surface area (Å²) in [7, 11) is 0. The van der Waals surface area contributed by atoms with Crippen LogP contribution in [0.3, 0.4) is 0 Å². The quantitative estimate of drug-likeness (QED) is 0.882. The smallest absolute Gasteiger partial charge is 0.341 e. The molecular weight excluding hydrogens is 342 g/mol. The zero-order valence-electron chi connectivity index (χ0n) is 11.4. The highest BCUT2D eigenvalue weighted by Crippen LogP contribution is 2.35. The van der Waals surface area contributed by atoms with E-state index < -0.39 is 5.97 Å². The van der Waals surface area contributed by atoms with Crippen LogP contribution >= 0.6 is 27.3 Å². The number of unbranched alkanes of at least 4 members (excludes halogenated alkanes) is 1. The minimum atomic E-state index is -1.16. The zero-order valence-corrected chi connectivity index (χ0v) is 13.8. The van der Waals surface area contributed by atoms with Crippen molar-refractivity contribution in [2.24, 2.45) is 0 Å². The fraction of sp³-hybridized carbons (Fsp3) is 0.429. The Hall–Kier alpha value is -1.14. The number of hydrogen-bond donors (Lipinski definition) is 1. The number of fused-ring (bicyclic) bond motifs is 1. The highest BCUT2D eigenvalue weighted by atomic mass is 79.9. The maximum absolute atomic E-state index is 12.4. The van der Waals surface area contributed by atoms with E-state index in [0.29, 0.717) is 11.9 Å². The maximum Gasteiger partial charge on any atom is 0.341 e. The van der Waals surface area contributed by atoms with E-state index in [0.717, 1.165) is 33.4 Å². The average Bonchev–Trinajstić information content (AvgIpc) is 2.74. The number of carbonyl (C=O) groups is 1. The van der Waals surface area contributed by atoms with Gasteiger partial charge in [0.1, 0.15) is 10.4 Å². The number of carboxylic acids is 1. The second-order valence-electron chi connectivity index (χ2n) is 4.60. The Morgan fingerprint density at radius 2 is 2.15 bits per heavy atom. The van der Waals surface area contributed by atoms with Gasteiger partial charge in [-0.25, -0.2) is 4.79 Å². The predicted octanol–water partition coefficient (Wildman–Crippen LogP) is 3.89. The fourth-order valence-electron chi connectivity index (χ4n) is 2.23. The third-order valence-electron chi connectivity index (χ3n) is 3.31. The number of hydrogen-bond acceptors (Lipinski definition) is 3. The molecular formula is C14H16BrNO3S. The van der Waals surface area contributed by atoms with Crippen molar-refractivity contribution < 1.29 is 9.90 Å². The monoisotopic (exact) mass is 357 g/mol. The molecule has 20 heavy (non-hydrogen) atoms. The van der Waals surface area contributed by atoms with Crippen molar-refractivity contribution in [2.75, 3.05) is 0 Å². The van der Waals surface area contributed by atoms with Gasteiger partial charge in [-0.3, -0.25) is 4.79 Å². The van der Waals surface area contributed by atoms with Gasteiger partial charge in [0.25, 0.3) is 0 Å². The van der Waals surface area contributed by atoms with Crippen molar-refractivity contribution in [2.45, 2.75) is 39.7 Å². The average molecular weight is 358 g/mol. The van der Waals surface area contributed by atoms with Crippen LogP contribution in [0, 0.1) is 0 Å². The lowest BCUT2D eigenvalue weighted by molar-refractivity contribution is 0.0695. The fourth-order valence-corrected chi connectivity index (χ4v) is 4.20. The first kappa shape index (κ1) is 15.3. The van der Waals surface area contributed by atoms with Gasteiger partial charge in [-0.15, -0.1) is 11.3 Å². The van der Waals surface area contributed by atoms with E-state index in [-0.39, 0.29) is 11.0 Å². The molecule has 0 saturated carbocycles. The Morgan fingerprint density at radius 3 is 2.70 bits per heavy atom. The highest BCUT2D eigenvalue weighted by Gasteiger charge is 2.20. The summed E-state index contributed by atoms with van der Waals surface area (Å²) in [4.78, 5) is 24.5. The number of aryl methyl sites for hydroxylation is 2. The summed E-state index contributed by atoms with van der Waals surface area (Å²) in [6.45, 7) is 4.67. The van der Waals surface area contributed by atoms with Gasteiger partial charge < -0.3 is 9.67 Å². The highest BCUT2D eigenvalue weighted by molar-refractivity contribution is 9.11. The largest absolute Gasteiger partial charge is 0.477 e. The summed E-state index contributed by atoms with van der Waals surface area (Å²) in [6.07, 6.45) is 4.25. The van der Waals surface area contributed by atoms with E-state index in [1.165, 1.54) is 17.5 Å². The van der Waals surface area contributed by atoms with Gasteiger partial charge in [0.05, 0.1) is 9.17 Å². The molecule has 0 spiro atoms. The van der Waals surface area contributed by atoms with Gasteiger partial charge in [-0.1, -0.05) is 13.3 Å². The van der Waals surface area contributed by atoms with Crippen LogP contribution in [0.5, 0.6) is 0 Å². The minimum Gasteiger partial charge on any atom is -0.477 e. The summed E-state index contributed by atoms with van der Waals surface area (Å²) < 4.78 is 2.77. The van der Waals surface area contributed by atoms with E-state index >= 15 is 0 Å². The molecule has 0 aliphatic rings. The van der Waals surface area contributed by atoms with Gasteiger partial charge in [-0.05, 0) is 41.3 Å². The standard InChI is InChI=1S/C14H16BrNO3S/c1-3-5-6-8-10-11(17)9(14(18)19)7-16(4-2)13(10)20-12(8)15/h7H,3-6H2,1-2H3,(H,18,19). The number of pyridine rings is 1. The van der Waals surface area contributed by atoms with Gasteiger partial charge in [0.15, 0.2) is 0 Å². The molecule has 0 atom stereocenters. The molecule has 108 valence electrons. The van der Waals surface area contributed by atoms with Crippen LogP contribution in [0.2, 0.25) is 0 Å². The molecule has 0 unspecified atom stereocenters. The van der Waals surface area contributed by atoms with E-state index in [1.807, 2.05) is 11.5 Å². The van der Waals surface area contributed by atoms with Crippen molar-refractivity contribution in [1.29, 1.82) is 0 Å². The molecule has 0 radical (unpaired) electrons. The molecule has 4 nitrogen and oxygen atoms in total. The van der Waals surface area contributed by atoms with Gasteiger partial charge in [0, 0.05) is 12.7 Å². The maximum atomic E-state index is 12.4. The molecule has 0 aliphatic heterocycles. The van der Waals surface area contributed by atoms with E-state index in [1.54, 1.807) is 0 Å². The third-order valence-corrected chi connectivity index (χ3v) is 5.33. The van der Waals surface area contributed by atoms with Gasteiger partial charge >= 0.3 is 5.97 Å². The molecule has 1 N–H and O–H groups in total. The molecule has 6 heteroatoms. The van der Waals surface area contributed by atoms with Crippen LogP contribution in [0.4, 0.5) is 0 Å². The van der Waals surface area contributed by atoms with Crippen LogP contribution in [0.25, 0.3) is 10.2 Å². The van der Waals surface area contributed by atoms with Crippen LogP contribution in [-0.4, -0.2) is 15.6 Å². The third kappa shape index (κ3) is 2.54. The summed E-state index contributed by atoms with van der Waals surface area (Å²) in [5, 5.41) is 9.76. The Morgan fingerprint density at radius 1 is 1.45 bits per heavy atom. The van der Waals surface area contributed by atoms with Crippen LogP contribution in [0.15, 0.2) is 14.8 Å². The Bertz CT molecular complexity index is 717. The SMILES string of the molecule is CCCCc1c(Br)sc2c1c(=O)c(C(=O)O)cn2CC. The lowest BCUT2D eigenvalue weighted by Crippen LogP contribution is -2.18. The van der Waals surface area contributed by atoms with Crippen LogP contribution in [0.1, 0.15) is 42.6 Å². The number of aromatic nitrogens is 1. The summed E-state index contributed by atoms with van der Waals surface area (Å²) in [6, 6.07) is 0. The molecule has 0 fully saturated rings. The summed E-state index contributed by atoms with van der Waals surface area (Å²) in [5.41, 5.74) is 0.426. The van der Waals surface area contributed by atoms with Gasteiger partial charge in [0.2, 0.25) is 5.43 Å². The van der Waals surface area contributed by atoms with E-state index in [4.69, 9.17) is 0 Å². The molecule has 2 heterocycles. The summed E-state index contributed by atoms with van der Waals surface area (Å²) >= 11 is 5.02. The molecule has 0 amide bonds. The second kappa shape index (κ2) is 6.10. The number of aromatic carboxylic acids is 1. The molecule has 2 rings (SSSR count). The number of nitrogens with zero attached hydrogens (tertiary/aromatic N) is 1. The number of thiophene rings is 1. The van der Waals surface area contributed by atoms with Crippen molar-refractivity contribution in [3.63, 3.8) is 0 Å². The van der Waals surface area contributed by atoms with E-state index in [2.05, 4.69) is 22.9 Å². The lowest BCUT2D eigenvalue weighted by atomic mass is 10.1. The second-order valence-corrected chi connectivity index (χ2v) is 6.92. The predicted molar refractivity (Wildman–Crippen MR) is 85.0 cm³/mol. The number of halogens is 1. The van der Waals surface area contributed by atoms with Crippen LogP contribution in [-0.2, 0) is 13.0 Å². The number of carboxylic acid groups (broad SMARTS) is 1. The minimum absolute atomic E-state index is 0.151. The molecule has 0 bridgehead atoms. The molecule has 2 aromatic rings. The first-order valence-electron chi connectivity index (χ1n) is 6.58. The molecule has 0 aliphatic carbocycles. The van der Waals surface area contributed by atoms with Crippen LogP contribution < -0.4 is 5.43 Å². The zero-order chi connectivity index (χ0) is 14.9. The Balaban J connectivity index is 2.82. The normalized spacial score (nSPS) is 11.2. The topological polar surface area (TPSA) is 59.3 Å². The molecule has 0 aromatic carbocycles. The summed E-state index contributed by atoms with van der Waals surface area (Å²) in [5.74, 6) is -1.16. The molecule has 2 aromatic heterocycles. The Kier molecular flexibility index (Phi) is 4.65. The van der Waals surface area contributed by atoms with Crippen molar-refractivity contribution in [3.05, 3.63) is 31.3 Å². The first-order chi connectivity index (χ1) is 9.51. The first-order valence-corrected chi connectivity index (χ1v) is 8.19. The van der Waals surface area contributed by atoms with Crippen molar-refractivity contribution in [1.82, 2.24) is 4.57 Å². The van der Waals surface area contributed by atoms with Gasteiger partial charge in [-0.2, -0.15) is 0 Å². The van der Waals surface area contributed by atoms with Crippen molar-refractivity contribution >= 4 is 43.5 Å². The molecule has 0 saturated heterocycles. The number of rotatable bonds is 5. The van der Waals surface area contributed by atoms with E-state index in [9.17, 15) is 14.7 Å². The lowest BCUT2D eigenvalue weighted by Gasteiger charge is -2.07. The Labute approximate surface area is 129 Å². The van der Waals surface area contributed by atoms with Crippen molar-refractivity contribution in [3.8, 4) is 0 Å².